The van der Waals surface area contributed by atoms with Crippen LogP contribution in [0.5, 0.6) is 23.0 Å². The molecule has 4 aromatic rings. The van der Waals surface area contributed by atoms with Crippen LogP contribution in [-0.2, 0) is 10.0 Å². The Balaban J connectivity index is 1.47. The normalized spacial score (nSPS) is 11.0. The summed E-state index contributed by atoms with van der Waals surface area (Å²) in [5.74, 6) is 1.54. The van der Waals surface area contributed by atoms with Gasteiger partial charge in [0.05, 0.1) is 31.8 Å². The second-order valence-electron chi connectivity index (χ2n) is 8.33. The minimum absolute atomic E-state index is 0.0709. The van der Waals surface area contributed by atoms with Gasteiger partial charge in [-0.05, 0) is 81.4 Å². The van der Waals surface area contributed by atoms with Crippen molar-refractivity contribution in [3.63, 3.8) is 0 Å². The minimum atomic E-state index is -3.83. The van der Waals surface area contributed by atoms with E-state index in [0.717, 1.165) is 0 Å². The molecule has 216 valence electrons. The van der Waals surface area contributed by atoms with E-state index in [-0.39, 0.29) is 28.1 Å². The molecule has 0 spiro atoms. The molecule has 1 aromatic heterocycles. The molecule has 0 bridgehead atoms. The Kier molecular flexibility index (Phi) is 9.30. The number of benzene rings is 3. The van der Waals surface area contributed by atoms with Crippen molar-refractivity contribution in [2.75, 3.05) is 37.0 Å². The maximum absolute atomic E-state index is 12.8. The van der Waals surface area contributed by atoms with Crippen LogP contribution >= 0.6 is 0 Å². The SMILES string of the molecule is CCOc1cc(-c2nnc(NC(=O)c3ccc(NS(=O)(=O)c4ccc(OC)cc4)cc3)o2)cc(OCC)c1OCC. The molecule has 0 aliphatic rings. The molecule has 1 heterocycles. The summed E-state index contributed by atoms with van der Waals surface area (Å²) in [6.45, 7) is 6.80. The summed E-state index contributed by atoms with van der Waals surface area (Å²) < 4.78 is 55.7. The summed E-state index contributed by atoms with van der Waals surface area (Å²) >= 11 is 0. The van der Waals surface area contributed by atoms with E-state index in [2.05, 4.69) is 20.2 Å². The highest BCUT2D eigenvalue weighted by Gasteiger charge is 2.20. The lowest BCUT2D eigenvalue weighted by molar-refractivity contribution is 0.102. The van der Waals surface area contributed by atoms with E-state index in [9.17, 15) is 13.2 Å². The first-order valence-corrected chi connectivity index (χ1v) is 14.2. The Morgan fingerprint density at radius 3 is 2.02 bits per heavy atom. The van der Waals surface area contributed by atoms with Crippen molar-refractivity contribution in [2.45, 2.75) is 25.7 Å². The highest BCUT2D eigenvalue weighted by atomic mass is 32.2. The third-order valence-electron chi connectivity index (χ3n) is 5.57. The summed E-state index contributed by atoms with van der Waals surface area (Å²) in [5, 5.41) is 10.5. The number of ether oxygens (including phenoxy) is 4. The van der Waals surface area contributed by atoms with Crippen LogP contribution in [0.3, 0.4) is 0 Å². The molecule has 4 rings (SSSR count). The van der Waals surface area contributed by atoms with Crippen molar-refractivity contribution in [3.8, 4) is 34.5 Å². The van der Waals surface area contributed by atoms with Crippen molar-refractivity contribution in [1.82, 2.24) is 10.2 Å². The number of methoxy groups -OCH3 is 1. The van der Waals surface area contributed by atoms with Gasteiger partial charge in [0.2, 0.25) is 11.6 Å². The number of amides is 1. The zero-order valence-electron chi connectivity index (χ0n) is 23.0. The number of carbonyl (C=O) groups excluding carboxylic acids is 1. The monoisotopic (exact) mass is 582 g/mol. The largest absolute Gasteiger partial charge is 0.497 e. The first kappa shape index (κ1) is 29.2. The summed E-state index contributed by atoms with van der Waals surface area (Å²) in [6.07, 6.45) is 0. The summed E-state index contributed by atoms with van der Waals surface area (Å²) in [4.78, 5) is 12.9. The van der Waals surface area contributed by atoms with Crippen LogP contribution in [-0.4, -0.2) is 51.5 Å². The van der Waals surface area contributed by atoms with E-state index in [4.69, 9.17) is 23.4 Å². The van der Waals surface area contributed by atoms with Crippen molar-refractivity contribution in [2.24, 2.45) is 0 Å². The van der Waals surface area contributed by atoms with Crippen LogP contribution in [0.15, 0.2) is 70.0 Å². The number of nitrogens with one attached hydrogen (secondary N) is 2. The first-order valence-electron chi connectivity index (χ1n) is 12.8. The van der Waals surface area contributed by atoms with Gasteiger partial charge in [-0.2, -0.15) is 0 Å². The molecule has 0 aliphatic heterocycles. The van der Waals surface area contributed by atoms with Gasteiger partial charge in [0, 0.05) is 16.8 Å². The van der Waals surface area contributed by atoms with E-state index < -0.39 is 15.9 Å². The second kappa shape index (κ2) is 13.0. The Hall–Kier alpha value is -4.78. The average Bonchev–Trinajstić information content (AvgIpc) is 3.43. The standard InChI is InChI=1S/C28H30N4O8S/c1-5-37-23-16-19(17-24(38-6-2)25(23)39-7-3)27-30-31-28(40-27)29-26(33)18-8-10-20(11-9-18)32-41(34,35)22-14-12-21(36-4)13-15-22/h8-17,32H,5-7H2,1-4H3,(H,29,31,33). The van der Waals surface area contributed by atoms with Crippen LogP contribution in [0.1, 0.15) is 31.1 Å². The zero-order chi connectivity index (χ0) is 29.4. The molecule has 2 N–H and O–H groups in total. The second-order valence-corrected chi connectivity index (χ2v) is 10.0. The quantitative estimate of drug-likeness (QED) is 0.220. The molecule has 1 amide bonds. The number of nitrogens with zero attached hydrogens (tertiary/aromatic N) is 2. The van der Waals surface area contributed by atoms with E-state index >= 15 is 0 Å². The van der Waals surface area contributed by atoms with Gasteiger partial charge in [0.25, 0.3) is 15.9 Å². The lowest BCUT2D eigenvalue weighted by Crippen LogP contribution is -2.14. The van der Waals surface area contributed by atoms with Crippen LogP contribution in [0, 0.1) is 0 Å². The third-order valence-corrected chi connectivity index (χ3v) is 6.97. The van der Waals surface area contributed by atoms with Gasteiger partial charge in [-0.25, -0.2) is 8.42 Å². The molecule has 3 aromatic carbocycles. The fraction of sp³-hybridized carbons (Fsp3) is 0.250. The summed E-state index contributed by atoms with van der Waals surface area (Å²) in [6, 6.07) is 15.1. The molecule has 0 saturated heterocycles. The van der Waals surface area contributed by atoms with Gasteiger partial charge >= 0.3 is 6.01 Å². The number of sulfonamides is 1. The van der Waals surface area contributed by atoms with Crippen molar-refractivity contribution in [3.05, 3.63) is 66.2 Å². The topological polar surface area (TPSA) is 151 Å². The number of hydrogen-bond acceptors (Lipinski definition) is 10. The molecule has 0 saturated carbocycles. The predicted octanol–water partition coefficient (Wildman–Crippen LogP) is 4.99. The van der Waals surface area contributed by atoms with Gasteiger partial charge in [0.15, 0.2) is 11.5 Å². The van der Waals surface area contributed by atoms with E-state index in [1.165, 1.54) is 43.5 Å². The number of carbonyl (C=O) groups is 1. The highest BCUT2D eigenvalue weighted by molar-refractivity contribution is 7.92. The molecular formula is C28H30N4O8S. The fourth-order valence-electron chi connectivity index (χ4n) is 3.73. The smallest absolute Gasteiger partial charge is 0.322 e. The maximum atomic E-state index is 12.8. The molecule has 0 fully saturated rings. The van der Waals surface area contributed by atoms with Gasteiger partial charge in [0.1, 0.15) is 5.75 Å². The number of aromatic nitrogens is 2. The summed E-state index contributed by atoms with van der Waals surface area (Å²) in [5.41, 5.74) is 1.04. The Bertz CT molecular complexity index is 1560. The molecule has 0 unspecified atom stereocenters. The zero-order valence-corrected chi connectivity index (χ0v) is 23.8. The van der Waals surface area contributed by atoms with Crippen LogP contribution in [0.25, 0.3) is 11.5 Å². The van der Waals surface area contributed by atoms with Crippen LogP contribution in [0.4, 0.5) is 11.7 Å². The van der Waals surface area contributed by atoms with Crippen molar-refractivity contribution >= 4 is 27.6 Å². The predicted molar refractivity (Wildman–Crippen MR) is 151 cm³/mol. The van der Waals surface area contributed by atoms with Crippen LogP contribution < -0.4 is 29.0 Å². The lowest BCUT2D eigenvalue weighted by Gasteiger charge is -2.16. The molecule has 0 radical (unpaired) electrons. The maximum Gasteiger partial charge on any atom is 0.322 e. The lowest BCUT2D eigenvalue weighted by atomic mass is 10.2. The number of rotatable bonds is 13. The minimum Gasteiger partial charge on any atom is -0.497 e. The Morgan fingerprint density at radius 1 is 0.854 bits per heavy atom. The summed E-state index contributed by atoms with van der Waals surface area (Å²) in [7, 11) is -2.33. The molecular weight excluding hydrogens is 552 g/mol. The first-order chi connectivity index (χ1) is 19.8. The average molecular weight is 583 g/mol. The fourth-order valence-corrected chi connectivity index (χ4v) is 4.79. The Labute approximate surface area is 237 Å². The van der Waals surface area contributed by atoms with E-state index in [1.54, 1.807) is 24.3 Å². The molecule has 12 nitrogen and oxygen atoms in total. The van der Waals surface area contributed by atoms with E-state index in [1.807, 2.05) is 20.8 Å². The number of anilines is 2. The van der Waals surface area contributed by atoms with Gasteiger partial charge < -0.3 is 23.4 Å². The van der Waals surface area contributed by atoms with Crippen LogP contribution in [0.2, 0.25) is 0 Å². The van der Waals surface area contributed by atoms with Crippen molar-refractivity contribution < 1.29 is 36.6 Å². The molecule has 0 aliphatic carbocycles. The van der Waals surface area contributed by atoms with Gasteiger partial charge in [-0.15, -0.1) is 5.10 Å². The van der Waals surface area contributed by atoms with Gasteiger partial charge in [-0.3, -0.25) is 14.8 Å². The number of hydrogen-bond donors (Lipinski definition) is 2. The molecule has 41 heavy (non-hydrogen) atoms. The van der Waals surface area contributed by atoms with E-state index in [0.29, 0.717) is 48.4 Å². The highest BCUT2D eigenvalue weighted by Crippen LogP contribution is 2.42. The van der Waals surface area contributed by atoms with Crippen molar-refractivity contribution in [1.29, 1.82) is 0 Å². The van der Waals surface area contributed by atoms with Gasteiger partial charge in [-0.1, -0.05) is 5.10 Å². The Morgan fingerprint density at radius 2 is 1.46 bits per heavy atom. The molecule has 13 heteroatoms. The third kappa shape index (κ3) is 7.06. The molecule has 0 atom stereocenters.